The minimum atomic E-state index is -3.79. The van der Waals surface area contributed by atoms with Crippen LogP contribution in [0.4, 0.5) is 0 Å². The van der Waals surface area contributed by atoms with Crippen LogP contribution in [0.1, 0.15) is 5.76 Å². The molecule has 7 nitrogen and oxygen atoms in total. The Labute approximate surface area is 194 Å². The first kappa shape index (κ1) is 21.7. The second kappa shape index (κ2) is 9.03. The van der Waals surface area contributed by atoms with Crippen molar-refractivity contribution in [2.45, 2.75) is 16.9 Å². The molecular formula is C24H21NO6S2. The van der Waals surface area contributed by atoms with Gasteiger partial charge in [0.2, 0.25) is 0 Å². The molecule has 0 radical (unpaired) electrons. The van der Waals surface area contributed by atoms with Gasteiger partial charge in [-0.25, -0.2) is 8.42 Å². The lowest BCUT2D eigenvalue weighted by Crippen LogP contribution is -2.39. The van der Waals surface area contributed by atoms with Crippen LogP contribution in [0.3, 0.4) is 0 Å². The number of aliphatic hydroxyl groups is 1. The van der Waals surface area contributed by atoms with Gasteiger partial charge in [0.1, 0.15) is 39.6 Å². The van der Waals surface area contributed by atoms with E-state index in [0.29, 0.717) is 17.1 Å². The van der Waals surface area contributed by atoms with Gasteiger partial charge < -0.3 is 18.7 Å². The maximum atomic E-state index is 13.1. The minimum absolute atomic E-state index is 0.00916. The summed E-state index contributed by atoms with van der Waals surface area (Å²) in [5, 5.41) is 14.3. The molecule has 0 saturated heterocycles. The molecule has 0 amide bonds. The van der Waals surface area contributed by atoms with Gasteiger partial charge in [0.05, 0.1) is 12.8 Å². The number of thiophene rings is 1. The van der Waals surface area contributed by atoms with E-state index in [1.165, 1.54) is 10.6 Å². The Hall–Kier alpha value is -3.11. The molecule has 0 fully saturated rings. The van der Waals surface area contributed by atoms with Gasteiger partial charge in [-0.15, -0.1) is 11.3 Å². The Morgan fingerprint density at radius 2 is 1.85 bits per heavy atom. The monoisotopic (exact) mass is 483 g/mol. The maximum Gasteiger partial charge on any atom is 0.253 e. The number of ether oxygens (including phenoxy) is 1. The van der Waals surface area contributed by atoms with Gasteiger partial charge in [0, 0.05) is 23.4 Å². The van der Waals surface area contributed by atoms with Crippen LogP contribution in [0.2, 0.25) is 0 Å². The molecule has 1 atom stereocenters. The van der Waals surface area contributed by atoms with Gasteiger partial charge in [-0.2, -0.15) is 4.31 Å². The lowest BCUT2D eigenvalue weighted by molar-refractivity contribution is 0.0869. The largest absolute Gasteiger partial charge is 0.491 e. The number of hydrogen-bond donors (Lipinski definition) is 1. The van der Waals surface area contributed by atoms with Crippen LogP contribution in [0.5, 0.6) is 5.75 Å². The summed E-state index contributed by atoms with van der Waals surface area (Å²) in [6, 6.07) is 19.9. The predicted molar refractivity (Wildman–Crippen MR) is 126 cm³/mol. The standard InChI is InChI=1S/C24H21NO6S2/c26-17(14-25(15-19-5-3-11-29-19)33(27,28)24-8-4-12-32-24)16-30-18-9-10-21-20-6-1-2-7-22(20)31-23(21)13-18/h1-13,17,26H,14-16H2. The second-order valence-electron chi connectivity index (χ2n) is 7.53. The fourth-order valence-corrected chi connectivity index (χ4v) is 6.23. The minimum Gasteiger partial charge on any atom is -0.491 e. The highest BCUT2D eigenvalue weighted by molar-refractivity contribution is 7.91. The average Bonchev–Trinajstić information content (AvgIpc) is 3.58. The molecule has 0 aliphatic rings. The first-order valence-corrected chi connectivity index (χ1v) is 12.6. The van der Waals surface area contributed by atoms with Crippen molar-refractivity contribution in [3.63, 3.8) is 0 Å². The molecule has 2 aromatic carbocycles. The molecule has 3 aromatic heterocycles. The first-order valence-electron chi connectivity index (χ1n) is 10.3. The molecule has 1 unspecified atom stereocenters. The van der Waals surface area contributed by atoms with E-state index in [-0.39, 0.29) is 23.9 Å². The van der Waals surface area contributed by atoms with E-state index in [1.807, 2.05) is 30.3 Å². The van der Waals surface area contributed by atoms with Gasteiger partial charge in [-0.05, 0) is 41.8 Å². The lowest BCUT2D eigenvalue weighted by Gasteiger charge is -2.23. The summed E-state index contributed by atoms with van der Waals surface area (Å²) in [5.74, 6) is 1.01. The van der Waals surface area contributed by atoms with E-state index in [9.17, 15) is 13.5 Å². The van der Waals surface area contributed by atoms with E-state index in [0.717, 1.165) is 27.7 Å². The number of benzene rings is 2. The Morgan fingerprint density at radius 3 is 2.64 bits per heavy atom. The zero-order chi connectivity index (χ0) is 22.8. The summed E-state index contributed by atoms with van der Waals surface area (Å²) in [5.41, 5.74) is 1.47. The van der Waals surface area contributed by atoms with Gasteiger partial charge in [-0.1, -0.05) is 24.3 Å². The summed E-state index contributed by atoms with van der Waals surface area (Å²) < 4.78 is 44.5. The number of furan rings is 2. The van der Waals surface area contributed by atoms with Crippen LogP contribution in [0, 0.1) is 0 Å². The molecule has 5 rings (SSSR count). The van der Waals surface area contributed by atoms with Gasteiger partial charge in [-0.3, -0.25) is 0 Å². The van der Waals surface area contributed by atoms with E-state index >= 15 is 0 Å². The fraction of sp³-hybridized carbons (Fsp3) is 0.167. The van der Waals surface area contributed by atoms with Crippen molar-refractivity contribution in [2.24, 2.45) is 0 Å². The molecule has 0 saturated carbocycles. The third-order valence-electron chi connectivity index (χ3n) is 5.21. The SMILES string of the molecule is O=S(=O)(c1cccs1)N(Cc1ccco1)CC(O)COc1ccc2c(c1)oc1ccccc12. The quantitative estimate of drug-likeness (QED) is 0.321. The van der Waals surface area contributed by atoms with Crippen LogP contribution in [-0.2, 0) is 16.6 Å². The predicted octanol–water partition coefficient (Wildman–Crippen LogP) is 4.87. The van der Waals surface area contributed by atoms with E-state index in [2.05, 4.69) is 0 Å². The number of aliphatic hydroxyl groups excluding tert-OH is 1. The lowest BCUT2D eigenvalue weighted by atomic mass is 10.1. The molecule has 0 bridgehead atoms. The van der Waals surface area contributed by atoms with Crippen molar-refractivity contribution in [3.05, 3.63) is 84.1 Å². The topological polar surface area (TPSA) is 93.1 Å². The van der Waals surface area contributed by atoms with Gasteiger partial charge in [0.15, 0.2) is 0 Å². The average molecular weight is 484 g/mol. The zero-order valence-electron chi connectivity index (χ0n) is 17.5. The third kappa shape index (κ3) is 4.53. The van der Waals surface area contributed by atoms with Crippen LogP contribution in [-0.4, -0.2) is 37.1 Å². The fourth-order valence-electron chi connectivity index (χ4n) is 3.64. The molecule has 0 aliphatic heterocycles. The van der Waals surface area contributed by atoms with E-state index in [1.54, 1.807) is 41.8 Å². The summed E-state index contributed by atoms with van der Waals surface area (Å²) >= 11 is 1.13. The van der Waals surface area contributed by atoms with Crippen molar-refractivity contribution in [2.75, 3.05) is 13.2 Å². The van der Waals surface area contributed by atoms with Crippen LogP contribution >= 0.6 is 11.3 Å². The Kier molecular flexibility index (Phi) is 5.94. The van der Waals surface area contributed by atoms with Crippen molar-refractivity contribution < 1.29 is 27.1 Å². The van der Waals surface area contributed by atoms with Crippen molar-refractivity contribution in [3.8, 4) is 5.75 Å². The van der Waals surface area contributed by atoms with Crippen LogP contribution < -0.4 is 4.74 Å². The number of para-hydroxylation sites is 1. The molecular weight excluding hydrogens is 462 g/mol. The molecule has 33 heavy (non-hydrogen) atoms. The first-order chi connectivity index (χ1) is 16.0. The maximum absolute atomic E-state index is 13.1. The third-order valence-corrected chi connectivity index (χ3v) is 8.39. The highest BCUT2D eigenvalue weighted by Gasteiger charge is 2.28. The summed E-state index contributed by atoms with van der Waals surface area (Å²) in [7, 11) is -3.79. The van der Waals surface area contributed by atoms with E-state index in [4.69, 9.17) is 13.6 Å². The number of sulfonamides is 1. The molecule has 170 valence electrons. The highest BCUT2D eigenvalue weighted by Crippen LogP contribution is 2.31. The normalized spacial score (nSPS) is 13.2. The number of hydrogen-bond acceptors (Lipinski definition) is 7. The summed E-state index contributed by atoms with van der Waals surface area (Å²) in [4.78, 5) is 0. The van der Waals surface area contributed by atoms with Gasteiger partial charge >= 0.3 is 0 Å². The number of nitrogens with zero attached hydrogens (tertiary/aromatic N) is 1. The van der Waals surface area contributed by atoms with Crippen LogP contribution in [0.25, 0.3) is 21.9 Å². The highest BCUT2D eigenvalue weighted by atomic mass is 32.2. The van der Waals surface area contributed by atoms with Gasteiger partial charge in [0.25, 0.3) is 10.0 Å². The van der Waals surface area contributed by atoms with Crippen molar-refractivity contribution in [1.29, 1.82) is 0 Å². The van der Waals surface area contributed by atoms with E-state index < -0.39 is 16.1 Å². The number of rotatable bonds is 9. The Balaban J connectivity index is 1.30. The smallest absolute Gasteiger partial charge is 0.253 e. The molecule has 3 heterocycles. The molecule has 9 heteroatoms. The number of fused-ring (bicyclic) bond motifs is 3. The molecule has 1 N–H and O–H groups in total. The molecule has 5 aromatic rings. The van der Waals surface area contributed by atoms with Crippen molar-refractivity contribution in [1.82, 2.24) is 4.31 Å². The van der Waals surface area contributed by atoms with Crippen LogP contribution in [0.15, 0.2) is 91.4 Å². The second-order valence-corrected chi connectivity index (χ2v) is 10.6. The Bertz CT molecular complexity index is 1460. The Morgan fingerprint density at radius 1 is 1.00 bits per heavy atom. The zero-order valence-corrected chi connectivity index (χ0v) is 19.1. The summed E-state index contributed by atoms with van der Waals surface area (Å²) in [6.07, 6.45) is 0.431. The van der Waals surface area contributed by atoms with Crippen molar-refractivity contribution >= 4 is 43.3 Å². The summed E-state index contributed by atoms with van der Waals surface area (Å²) in [6.45, 7) is -0.219. The molecule has 0 aliphatic carbocycles. The molecule has 0 spiro atoms.